The topological polar surface area (TPSA) is 135 Å². The van der Waals surface area contributed by atoms with Crippen LogP contribution in [0.5, 0.6) is 0 Å². The maximum atomic E-state index is 15.4. The second kappa shape index (κ2) is 9.05. The molecule has 0 saturated carbocycles. The maximum Gasteiger partial charge on any atom is 0.154 e. The van der Waals surface area contributed by atoms with Crippen LogP contribution in [0.2, 0.25) is 0 Å². The van der Waals surface area contributed by atoms with Crippen LogP contribution >= 0.6 is 0 Å². The number of nitrogens with zero attached hydrogens (tertiary/aromatic N) is 6. The number of imidazole rings is 1. The van der Waals surface area contributed by atoms with Gasteiger partial charge in [0.2, 0.25) is 0 Å². The minimum absolute atomic E-state index is 0.00703. The Morgan fingerprint density at radius 3 is 2.81 bits per heavy atom. The fourth-order valence-corrected chi connectivity index (χ4v) is 5.18. The van der Waals surface area contributed by atoms with Gasteiger partial charge in [0.15, 0.2) is 11.6 Å². The number of fused-ring (bicyclic) bond motifs is 3. The summed E-state index contributed by atoms with van der Waals surface area (Å²) in [5.41, 5.74) is 9.46. The molecule has 1 aromatic carbocycles. The predicted octanol–water partition coefficient (Wildman–Crippen LogP) is 3.77. The van der Waals surface area contributed by atoms with Gasteiger partial charge in [-0.05, 0) is 30.0 Å². The lowest BCUT2D eigenvalue weighted by Gasteiger charge is -2.15. The monoisotopic (exact) mass is 517 g/mol. The van der Waals surface area contributed by atoms with E-state index >= 15 is 4.39 Å². The fourth-order valence-electron chi connectivity index (χ4n) is 4.67. The number of nitrogens with one attached hydrogen (secondary N) is 2. The molecule has 188 valence electrons. The van der Waals surface area contributed by atoms with Crippen molar-refractivity contribution in [1.82, 2.24) is 29.3 Å². The molecule has 0 radical (unpaired) electrons. The molecule has 0 saturated heterocycles. The number of hydrogen-bond acceptors (Lipinski definition) is 8. The Bertz CT molecular complexity index is 1650. The first-order valence-electron chi connectivity index (χ1n) is 11.6. The first-order valence-corrected chi connectivity index (χ1v) is 13.2. The van der Waals surface area contributed by atoms with Crippen LogP contribution in [0.15, 0.2) is 49.2 Å². The van der Waals surface area contributed by atoms with Gasteiger partial charge >= 0.3 is 0 Å². The number of rotatable bonds is 5. The molecular formula is C25H24FN9OS. The highest BCUT2D eigenvalue weighted by atomic mass is 32.2. The molecule has 37 heavy (non-hydrogen) atoms. The molecule has 0 spiro atoms. The molecule has 0 bridgehead atoms. The second-order valence-electron chi connectivity index (χ2n) is 8.95. The molecule has 4 N–H and O–H groups in total. The summed E-state index contributed by atoms with van der Waals surface area (Å²) in [4.78, 5) is 13.1. The summed E-state index contributed by atoms with van der Waals surface area (Å²) < 4.78 is 34.0. The normalized spacial score (nSPS) is 13.6. The van der Waals surface area contributed by atoms with Crippen molar-refractivity contribution in [3.8, 4) is 11.1 Å². The molecule has 5 aromatic rings. The highest BCUT2D eigenvalue weighted by Gasteiger charge is 2.19. The van der Waals surface area contributed by atoms with Gasteiger partial charge in [-0.25, -0.2) is 19.1 Å². The number of pyridine rings is 2. The standard InChI is InChI=1S/C25H24FN9OS/c1-14-18(10-28-12-20(14)33-37(2)36)17-7-15-8-21(30-11-19(15)25(27)24(17)26)31-22-9-16-3-5-34-6-4-29-23(34)13-35(16)32-22/h4,6-12,33H,3,5,13,27H2,1-2H3,(H,30,31,32). The van der Waals surface area contributed by atoms with Gasteiger partial charge < -0.3 is 20.2 Å². The lowest BCUT2D eigenvalue weighted by Crippen LogP contribution is -2.11. The summed E-state index contributed by atoms with van der Waals surface area (Å²) in [6.07, 6.45) is 10.9. The number of nitrogen functional groups attached to an aromatic ring is 1. The molecule has 0 amide bonds. The quantitative estimate of drug-likeness (QED) is 0.237. The van der Waals surface area contributed by atoms with Crippen molar-refractivity contribution in [2.24, 2.45) is 0 Å². The molecule has 6 rings (SSSR count). The van der Waals surface area contributed by atoms with E-state index in [2.05, 4.69) is 29.6 Å². The number of anilines is 4. The molecule has 1 unspecified atom stereocenters. The Labute approximate surface area is 215 Å². The largest absolute Gasteiger partial charge is 0.593 e. The van der Waals surface area contributed by atoms with Crippen molar-refractivity contribution in [2.75, 3.05) is 22.0 Å². The first kappa shape index (κ1) is 23.3. The van der Waals surface area contributed by atoms with Crippen LogP contribution in [0.4, 0.5) is 27.4 Å². The van der Waals surface area contributed by atoms with E-state index in [-0.39, 0.29) is 5.69 Å². The molecule has 0 aliphatic carbocycles. The summed E-state index contributed by atoms with van der Waals surface area (Å²) >= 11 is -1.29. The summed E-state index contributed by atoms with van der Waals surface area (Å²) in [5.74, 6) is 1.65. The van der Waals surface area contributed by atoms with E-state index in [4.69, 9.17) is 10.8 Å². The van der Waals surface area contributed by atoms with Gasteiger partial charge in [0, 0.05) is 66.0 Å². The van der Waals surface area contributed by atoms with E-state index in [1.165, 1.54) is 6.26 Å². The highest BCUT2D eigenvalue weighted by Crippen LogP contribution is 2.37. The van der Waals surface area contributed by atoms with E-state index in [0.29, 0.717) is 45.8 Å². The Kier molecular flexibility index (Phi) is 5.69. The lowest BCUT2D eigenvalue weighted by molar-refractivity contribution is 0.605. The maximum absolute atomic E-state index is 15.4. The average molecular weight is 518 g/mol. The van der Waals surface area contributed by atoms with Gasteiger partial charge in [-0.15, -0.1) is 0 Å². The van der Waals surface area contributed by atoms with Crippen molar-refractivity contribution in [3.05, 3.63) is 72.1 Å². The summed E-state index contributed by atoms with van der Waals surface area (Å²) in [6.45, 7) is 3.27. The molecule has 1 aliphatic heterocycles. The summed E-state index contributed by atoms with van der Waals surface area (Å²) in [7, 11) is 0. The number of aromatic nitrogens is 6. The van der Waals surface area contributed by atoms with Crippen LogP contribution in [0.25, 0.3) is 21.9 Å². The molecular weight excluding hydrogens is 493 g/mol. The van der Waals surface area contributed by atoms with Crippen LogP contribution in [-0.2, 0) is 30.9 Å². The van der Waals surface area contributed by atoms with Crippen molar-refractivity contribution in [2.45, 2.75) is 26.4 Å². The van der Waals surface area contributed by atoms with Crippen LogP contribution in [0.1, 0.15) is 17.1 Å². The van der Waals surface area contributed by atoms with Gasteiger partial charge in [0.25, 0.3) is 0 Å². The molecule has 10 nitrogen and oxygen atoms in total. The lowest BCUT2D eigenvalue weighted by atomic mass is 9.97. The van der Waals surface area contributed by atoms with Crippen molar-refractivity contribution < 1.29 is 8.94 Å². The van der Waals surface area contributed by atoms with Gasteiger partial charge in [0.05, 0.1) is 29.8 Å². The number of aryl methyl sites for hydroxylation is 2. The third kappa shape index (κ3) is 4.23. The third-order valence-electron chi connectivity index (χ3n) is 6.58. The minimum Gasteiger partial charge on any atom is -0.593 e. The van der Waals surface area contributed by atoms with E-state index < -0.39 is 17.2 Å². The molecule has 1 atom stereocenters. The number of nitrogens with two attached hydrogens (primary N) is 1. The number of halogens is 1. The molecule has 1 aliphatic rings. The zero-order chi connectivity index (χ0) is 25.7. The fraction of sp³-hybridized carbons (Fsp3) is 0.200. The van der Waals surface area contributed by atoms with Crippen LogP contribution < -0.4 is 15.8 Å². The van der Waals surface area contributed by atoms with Gasteiger partial charge in [-0.2, -0.15) is 5.10 Å². The van der Waals surface area contributed by atoms with Gasteiger partial charge in [-0.3, -0.25) is 9.67 Å². The Morgan fingerprint density at radius 1 is 1.11 bits per heavy atom. The van der Waals surface area contributed by atoms with Gasteiger partial charge in [0.1, 0.15) is 23.6 Å². The van der Waals surface area contributed by atoms with Crippen LogP contribution in [0.3, 0.4) is 0 Å². The van der Waals surface area contributed by atoms with Crippen molar-refractivity contribution in [3.63, 3.8) is 0 Å². The molecule has 0 fully saturated rings. The van der Waals surface area contributed by atoms with Crippen molar-refractivity contribution in [1.29, 1.82) is 0 Å². The Morgan fingerprint density at radius 2 is 1.97 bits per heavy atom. The zero-order valence-electron chi connectivity index (χ0n) is 20.2. The first-order chi connectivity index (χ1) is 17.9. The summed E-state index contributed by atoms with van der Waals surface area (Å²) in [5, 5.41) is 9.18. The van der Waals surface area contributed by atoms with Crippen molar-refractivity contribution >= 4 is 45.1 Å². The molecule has 12 heteroatoms. The predicted molar refractivity (Wildman–Crippen MR) is 142 cm³/mol. The Hall–Kier alpha value is -4.16. The van der Waals surface area contributed by atoms with E-state index in [1.807, 2.05) is 29.9 Å². The third-order valence-corrected chi connectivity index (χ3v) is 7.09. The van der Waals surface area contributed by atoms with Crippen LogP contribution in [-0.4, -0.2) is 40.1 Å². The smallest absolute Gasteiger partial charge is 0.154 e. The number of hydrogen-bond donors (Lipinski definition) is 3. The van der Waals surface area contributed by atoms with E-state index in [1.54, 1.807) is 30.9 Å². The SMILES string of the molecule is Cc1c(N[S+](C)[O-])cncc1-c1cc2cc(Nc3cc4n(n3)Cc3nccn3CC4)ncc2c(N)c1F. The van der Waals surface area contributed by atoms with Crippen LogP contribution in [0, 0.1) is 12.7 Å². The average Bonchev–Trinajstić information content (AvgIpc) is 3.44. The summed E-state index contributed by atoms with van der Waals surface area (Å²) in [6, 6.07) is 5.55. The van der Waals surface area contributed by atoms with E-state index in [0.717, 1.165) is 30.0 Å². The number of benzene rings is 1. The minimum atomic E-state index is -1.29. The highest BCUT2D eigenvalue weighted by molar-refractivity contribution is 7.92. The zero-order valence-corrected chi connectivity index (χ0v) is 21.0. The molecule has 5 heterocycles. The second-order valence-corrected chi connectivity index (χ2v) is 10.1. The molecule has 4 aromatic heterocycles. The van der Waals surface area contributed by atoms with E-state index in [9.17, 15) is 4.55 Å². The van der Waals surface area contributed by atoms with Gasteiger partial charge in [-0.1, -0.05) is 0 Å². The Balaban J connectivity index is 1.35.